The number of aryl methyl sites for hydroxylation is 2. The highest BCUT2D eigenvalue weighted by molar-refractivity contribution is 9.10. The average Bonchev–Trinajstić information content (AvgIpc) is 3.05. The van der Waals surface area contributed by atoms with Gasteiger partial charge in [0.1, 0.15) is 5.65 Å². The highest BCUT2D eigenvalue weighted by atomic mass is 79.9. The molecule has 0 atom stereocenters. The molecular weight excluding hydrogens is 430 g/mol. The summed E-state index contributed by atoms with van der Waals surface area (Å²) in [5.74, 6) is -0.292. The number of hydrogen-bond acceptors (Lipinski definition) is 4. The van der Waals surface area contributed by atoms with E-state index in [9.17, 15) is 4.79 Å². The molecule has 0 unspecified atom stereocenters. The number of pyridine rings is 1. The molecule has 4 rings (SSSR count). The van der Waals surface area contributed by atoms with E-state index in [2.05, 4.69) is 56.5 Å². The van der Waals surface area contributed by atoms with E-state index in [1.54, 1.807) is 0 Å². The molecule has 3 aromatic rings. The Labute approximate surface area is 179 Å². The van der Waals surface area contributed by atoms with Crippen molar-refractivity contribution in [3.63, 3.8) is 0 Å². The van der Waals surface area contributed by atoms with Gasteiger partial charge in [-0.15, -0.1) is 0 Å². The van der Waals surface area contributed by atoms with Gasteiger partial charge in [0.15, 0.2) is 0 Å². The Morgan fingerprint density at radius 1 is 1.28 bits per heavy atom. The molecule has 0 saturated carbocycles. The molecule has 29 heavy (non-hydrogen) atoms. The fraction of sp³-hybridized carbons (Fsp3) is 0.304. The lowest BCUT2D eigenvalue weighted by Gasteiger charge is -2.27. The topological polar surface area (TPSA) is 47.4 Å². The second-order valence-corrected chi connectivity index (χ2v) is 8.31. The number of halogens is 1. The molecule has 0 fully saturated rings. The molecular formula is C23H24BrN3O2. The number of rotatable bonds is 4. The average molecular weight is 454 g/mol. The van der Waals surface area contributed by atoms with Crippen LogP contribution in [0, 0.1) is 6.92 Å². The van der Waals surface area contributed by atoms with Crippen molar-refractivity contribution in [2.45, 2.75) is 19.9 Å². The van der Waals surface area contributed by atoms with Crippen molar-refractivity contribution < 1.29 is 9.53 Å². The van der Waals surface area contributed by atoms with Gasteiger partial charge in [-0.25, -0.2) is 9.78 Å². The molecule has 0 aliphatic carbocycles. The minimum atomic E-state index is -0.292. The summed E-state index contributed by atoms with van der Waals surface area (Å²) in [7, 11) is 3.49. The summed E-state index contributed by atoms with van der Waals surface area (Å²) in [6.07, 6.45) is 5.13. The minimum Gasteiger partial charge on any atom is -0.465 e. The van der Waals surface area contributed by atoms with Crippen LogP contribution >= 0.6 is 15.9 Å². The number of esters is 1. The Balaban J connectivity index is 1.50. The van der Waals surface area contributed by atoms with Crippen molar-refractivity contribution in [3.8, 4) is 0 Å². The van der Waals surface area contributed by atoms with Crippen LogP contribution in [-0.4, -0.2) is 40.6 Å². The van der Waals surface area contributed by atoms with E-state index < -0.39 is 0 Å². The lowest BCUT2D eigenvalue weighted by molar-refractivity contribution is 0.0600. The van der Waals surface area contributed by atoms with Gasteiger partial charge in [0.2, 0.25) is 0 Å². The van der Waals surface area contributed by atoms with Crippen LogP contribution in [0.25, 0.3) is 16.6 Å². The molecule has 0 N–H and O–H groups in total. The first-order valence-electron chi connectivity index (χ1n) is 9.67. The SMILES string of the molecule is COC(=O)c1ccc(C2=CCN(Cc3cc4c(Br)ccnc4n3C)CC2)c(C)c1. The number of benzene rings is 1. The normalized spacial score (nSPS) is 14.8. The largest absolute Gasteiger partial charge is 0.465 e. The molecule has 1 aromatic carbocycles. The maximum Gasteiger partial charge on any atom is 0.337 e. The molecule has 6 heteroatoms. The van der Waals surface area contributed by atoms with Crippen LogP contribution in [0.15, 0.2) is 47.1 Å². The Bertz CT molecular complexity index is 1120. The Morgan fingerprint density at radius 3 is 2.76 bits per heavy atom. The van der Waals surface area contributed by atoms with Crippen LogP contribution in [-0.2, 0) is 18.3 Å². The molecule has 0 saturated heterocycles. The van der Waals surface area contributed by atoms with E-state index in [0.29, 0.717) is 5.56 Å². The number of aromatic nitrogens is 2. The number of nitrogens with zero attached hydrogens (tertiary/aromatic N) is 3. The predicted octanol–water partition coefficient (Wildman–Crippen LogP) is 4.72. The van der Waals surface area contributed by atoms with Crippen LogP contribution in [0.2, 0.25) is 0 Å². The third kappa shape index (κ3) is 3.87. The monoisotopic (exact) mass is 453 g/mol. The number of carbonyl (C=O) groups excluding carboxylic acids is 1. The van der Waals surface area contributed by atoms with Crippen LogP contribution in [0.5, 0.6) is 0 Å². The van der Waals surface area contributed by atoms with Crippen LogP contribution < -0.4 is 0 Å². The summed E-state index contributed by atoms with van der Waals surface area (Å²) in [5.41, 5.74) is 6.53. The summed E-state index contributed by atoms with van der Waals surface area (Å²) in [4.78, 5) is 18.7. The molecule has 0 radical (unpaired) electrons. The molecule has 2 aromatic heterocycles. The van der Waals surface area contributed by atoms with E-state index in [1.807, 2.05) is 30.5 Å². The van der Waals surface area contributed by atoms with Gasteiger partial charge in [-0.2, -0.15) is 0 Å². The zero-order valence-electron chi connectivity index (χ0n) is 16.9. The highest BCUT2D eigenvalue weighted by Gasteiger charge is 2.18. The standard InChI is InChI=1S/C23H24BrN3O2/c1-15-12-17(23(28)29-3)4-5-19(15)16-7-10-27(11-8-16)14-18-13-20-21(24)6-9-25-22(20)26(18)2/h4-7,9,12-13H,8,10-11,14H2,1-3H3. The van der Waals surface area contributed by atoms with Gasteiger partial charge < -0.3 is 9.30 Å². The molecule has 5 nitrogen and oxygen atoms in total. The Hall–Kier alpha value is -2.44. The van der Waals surface area contributed by atoms with E-state index in [1.165, 1.54) is 23.9 Å². The second-order valence-electron chi connectivity index (χ2n) is 7.46. The zero-order valence-corrected chi connectivity index (χ0v) is 18.5. The lowest BCUT2D eigenvalue weighted by atomic mass is 9.94. The van der Waals surface area contributed by atoms with Crippen molar-refractivity contribution in [2.75, 3.05) is 20.2 Å². The predicted molar refractivity (Wildman–Crippen MR) is 119 cm³/mol. The first-order valence-corrected chi connectivity index (χ1v) is 10.5. The number of hydrogen-bond donors (Lipinski definition) is 0. The van der Waals surface area contributed by atoms with E-state index in [0.717, 1.165) is 47.1 Å². The van der Waals surface area contributed by atoms with Gasteiger partial charge in [0.25, 0.3) is 0 Å². The van der Waals surface area contributed by atoms with Gasteiger partial charge in [-0.05, 0) is 70.2 Å². The molecule has 1 aliphatic heterocycles. The number of carbonyl (C=O) groups is 1. The quantitative estimate of drug-likeness (QED) is 0.536. The van der Waals surface area contributed by atoms with E-state index in [4.69, 9.17) is 4.74 Å². The first-order chi connectivity index (χ1) is 14.0. The maximum absolute atomic E-state index is 11.7. The van der Waals surface area contributed by atoms with Crippen molar-refractivity contribution in [3.05, 3.63) is 69.5 Å². The van der Waals surface area contributed by atoms with Crippen LogP contribution in [0.1, 0.15) is 33.6 Å². The smallest absolute Gasteiger partial charge is 0.337 e. The molecule has 0 spiro atoms. The number of methoxy groups -OCH3 is 1. The first kappa shape index (κ1) is 19.9. The van der Waals surface area contributed by atoms with E-state index >= 15 is 0 Å². The number of ether oxygens (including phenoxy) is 1. The van der Waals surface area contributed by atoms with Crippen molar-refractivity contribution in [1.29, 1.82) is 0 Å². The minimum absolute atomic E-state index is 0.292. The van der Waals surface area contributed by atoms with Gasteiger partial charge in [0, 0.05) is 48.4 Å². The molecule has 0 bridgehead atoms. The third-order valence-electron chi connectivity index (χ3n) is 5.65. The summed E-state index contributed by atoms with van der Waals surface area (Å²) in [6, 6.07) is 10.0. The second kappa shape index (κ2) is 8.13. The number of fused-ring (bicyclic) bond motifs is 1. The van der Waals surface area contributed by atoms with E-state index in [-0.39, 0.29) is 5.97 Å². The Morgan fingerprint density at radius 2 is 2.10 bits per heavy atom. The maximum atomic E-state index is 11.7. The fourth-order valence-corrected chi connectivity index (χ4v) is 4.40. The lowest BCUT2D eigenvalue weighted by Crippen LogP contribution is -2.29. The van der Waals surface area contributed by atoms with Gasteiger partial charge in [-0.1, -0.05) is 12.1 Å². The van der Waals surface area contributed by atoms with Crippen LogP contribution in [0.4, 0.5) is 0 Å². The highest BCUT2D eigenvalue weighted by Crippen LogP contribution is 2.29. The summed E-state index contributed by atoms with van der Waals surface area (Å²) >= 11 is 3.62. The fourth-order valence-electron chi connectivity index (χ4n) is 3.99. The zero-order chi connectivity index (χ0) is 20.5. The molecule has 3 heterocycles. The van der Waals surface area contributed by atoms with Crippen molar-refractivity contribution in [1.82, 2.24) is 14.5 Å². The summed E-state index contributed by atoms with van der Waals surface area (Å²) in [6.45, 7) is 4.85. The molecule has 1 aliphatic rings. The third-order valence-corrected chi connectivity index (χ3v) is 6.34. The molecule has 150 valence electrons. The Kier molecular flexibility index (Phi) is 5.56. The summed E-state index contributed by atoms with van der Waals surface area (Å²) < 4.78 is 8.07. The van der Waals surface area contributed by atoms with Crippen molar-refractivity contribution in [2.24, 2.45) is 7.05 Å². The van der Waals surface area contributed by atoms with Gasteiger partial charge in [-0.3, -0.25) is 4.90 Å². The van der Waals surface area contributed by atoms with Crippen LogP contribution in [0.3, 0.4) is 0 Å². The van der Waals surface area contributed by atoms with Crippen molar-refractivity contribution >= 4 is 38.5 Å². The summed E-state index contributed by atoms with van der Waals surface area (Å²) in [5, 5.41) is 1.15. The van der Waals surface area contributed by atoms with Gasteiger partial charge >= 0.3 is 5.97 Å². The van der Waals surface area contributed by atoms with Gasteiger partial charge in [0.05, 0.1) is 12.7 Å². The molecule has 0 amide bonds.